The van der Waals surface area contributed by atoms with E-state index in [9.17, 15) is 0 Å². The lowest BCUT2D eigenvalue weighted by Crippen LogP contribution is -2.22. The van der Waals surface area contributed by atoms with Crippen LogP contribution in [0.1, 0.15) is 57.3 Å². The third-order valence-corrected chi connectivity index (χ3v) is 8.40. The highest BCUT2D eigenvalue weighted by Crippen LogP contribution is 2.40. The van der Waals surface area contributed by atoms with Crippen LogP contribution in [0.4, 0.5) is 22.7 Å². The number of fused-ring (bicyclic) bond motifs is 1. The molecule has 0 aliphatic rings. The van der Waals surface area contributed by atoms with Crippen molar-refractivity contribution in [3.63, 3.8) is 0 Å². The molecule has 216 valence electrons. The van der Waals surface area contributed by atoms with Crippen LogP contribution in [-0.2, 0) is 0 Å². The summed E-state index contributed by atoms with van der Waals surface area (Å²) in [6.45, 7) is 16.7. The van der Waals surface area contributed by atoms with Gasteiger partial charge in [-0.1, -0.05) is 79.4 Å². The second-order valence-electron chi connectivity index (χ2n) is 10.7. The van der Waals surface area contributed by atoms with Gasteiger partial charge in [0.05, 0.1) is 0 Å². The topological polar surface area (TPSA) is 18.5 Å². The van der Waals surface area contributed by atoms with Crippen molar-refractivity contribution in [2.24, 2.45) is 0 Å². The maximum Gasteiger partial charge on any atom is 0.0464 e. The number of hydrogen-bond donors (Lipinski definition) is 1. The van der Waals surface area contributed by atoms with Crippen molar-refractivity contribution in [3.8, 4) is 0 Å². The molecule has 0 amide bonds. The summed E-state index contributed by atoms with van der Waals surface area (Å²) < 4.78 is 0. The van der Waals surface area contributed by atoms with Crippen LogP contribution in [-0.4, -0.2) is 26.2 Å². The van der Waals surface area contributed by atoms with E-state index in [2.05, 4.69) is 159 Å². The molecule has 3 nitrogen and oxygen atoms in total. The summed E-state index contributed by atoms with van der Waals surface area (Å²) in [4.78, 5) is 4.80. The fourth-order valence-corrected chi connectivity index (χ4v) is 6.03. The molecule has 0 aliphatic carbocycles. The first-order valence-corrected chi connectivity index (χ1v) is 15.3. The number of rotatable bonds is 12. The minimum atomic E-state index is 0. The van der Waals surface area contributed by atoms with Gasteiger partial charge < -0.3 is 15.1 Å². The quantitative estimate of drug-likeness (QED) is 0.155. The number of anilines is 4. The molecule has 5 aromatic rings. The summed E-state index contributed by atoms with van der Waals surface area (Å²) in [6, 6.07) is 40.1. The molecular weight excluding hydrogens is 510 g/mol. The van der Waals surface area contributed by atoms with E-state index in [0.29, 0.717) is 0 Å². The van der Waals surface area contributed by atoms with E-state index in [-0.39, 0.29) is 7.34 Å². The Labute approximate surface area is 253 Å². The van der Waals surface area contributed by atoms with Crippen molar-refractivity contribution in [3.05, 3.63) is 138 Å². The van der Waals surface area contributed by atoms with Crippen LogP contribution in [0.3, 0.4) is 0 Å². The molecule has 0 saturated heterocycles. The standard InChI is InChI=1S/C39H43N3.H2/c1-6-29-15-21-32(22-16-29)40-38-28-27-37(35-13-11-12-14-36(35)38)39(30-17-23-33(24-18-30)41(7-2)8-3)31-19-25-34(26-20-31)42(9-4)10-5;/h6,11-28,39-40H,1,7-10H2,2-5H3;1H. The Kier molecular flexibility index (Phi) is 9.28. The van der Waals surface area contributed by atoms with Crippen LogP contribution in [0, 0.1) is 0 Å². The van der Waals surface area contributed by atoms with Gasteiger partial charge in [-0.15, -0.1) is 0 Å². The highest BCUT2D eigenvalue weighted by Gasteiger charge is 2.21. The van der Waals surface area contributed by atoms with Gasteiger partial charge in [0.2, 0.25) is 0 Å². The summed E-state index contributed by atoms with van der Waals surface area (Å²) in [7, 11) is 0. The number of hydrogen-bond acceptors (Lipinski definition) is 3. The summed E-state index contributed by atoms with van der Waals surface area (Å²) in [5.74, 6) is 0.104. The Hall–Kier alpha value is -4.50. The summed E-state index contributed by atoms with van der Waals surface area (Å²) in [5, 5.41) is 6.14. The molecule has 0 saturated carbocycles. The molecule has 0 fully saturated rings. The van der Waals surface area contributed by atoms with Gasteiger partial charge in [0.1, 0.15) is 0 Å². The van der Waals surface area contributed by atoms with E-state index in [1.165, 1.54) is 38.8 Å². The Morgan fingerprint density at radius 1 is 0.619 bits per heavy atom. The van der Waals surface area contributed by atoms with Crippen molar-refractivity contribution in [1.82, 2.24) is 0 Å². The number of benzene rings is 5. The van der Waals surface area contributed by atoms with Crippen LogP contribution in [0.25, 0.3) is 16.8 Å². The fourth-order valence-electron chi connectivity index (χ4n) is 6.03. The molecule has 0 atom stereocenters. The molecule has 0 heterocycles. The molecule has 0 unspecified atom stereocenters. The minimum Gasteiger partial charge on any atom is -0.372 e. The van der Waals surface area contributed by atoms with E-state index in [1.807, 2.05) is 6.08 Å². The van der Waals surface area contributed by atoms with Crippen molar-refractivity contribution in [2.75, 3.05) is 41.3 Å². The maximum atomic E-state index is 3.88. The van der Waals surface area contributed by atoms with E-state index >= 15 is 0 Å². The summed E-state index contributed by atoms with van der Waals surface area (Å²) >= 11 is 0. The van der Waals surface area contributed by atoms with Crippen molar-refractivity contribution >= 4 is 39.6 Å². The van der Waals surface area contributed by atoms with Gasteiger partial charge >= 0.3 is 0 Å². The minimum absolute atomic E-state index is 0. The highest BCUT2D eigenvalue weighted by molar-refractivity contribution is 5.98. The average Bonchev–Trinajstić information content (AvgIpc) is 3.05. The van der Waals surface area contributed by atoms with E-state index in [0.717, 1.165) is 43.1 Å². The summed E-state index contributed by atoms with van der Waals surface area (Å²) in [5.41, 5.74) is 9.73. The van der Waals surface area contributed by atoms with Crippen LogP contribution in [0.5, 0.6) is 0 Å². The highest BCUT2D eigenvalue weighted by atomic mass is 15.1. The molecule has 0 radical (unpaired) electrons. The zero-order valence-electron chi connectivity index (χ0n) is 25.5. The number of nitrogens with one attached hydrogen (secondary N) is 1. The second kappa shape index (κ2) is 13.4. The van der Waals surface area contributed by atoms with Crippen molar-refractivity contribution < 1.29 is 1.43 Å². The Morgan fingerprint density at radius 2 is 1.12 bits per heavy atom. The smallest absolute Gasteiger partial charge is 0.0464 e. The van der Waals surface area contributed by atoms with Crippen LogP contribution in [0.2, 0.25) is 0 Å². The van der Waals surface area contributed by atoms with Gasteiger partial charge in [0, 0.05) is 61.7 Å². The van der Waals surface area contributed by atoms with Gasteiger partial charge in [0.25, 0.3) is 0 Å². The SMILES string of the molecule is C=Cc1ccc(Nc2ccc(C(c3ccc(N(CC)CC)cc3)c3ccc(N(CC)CC)cc3)c3ccccc23)cc1.[HH]. The van der Waals surface area contributed by atoms with E-state index in [1.54, 1.807) is 0 Å². The first-order chi connectivity index (χ1) is 20.6. The largest absolute Gasteiger partial charge is 0.372 e. The molecule has 5 rings (SSSR count). The maximum absolute atomic E-state index is 3.88. The predicted molar refractivity (Wildman–Crippen MR) is 187 cm³/mol. The molecular formula is C39H45N3. The van der Waals surface area contributed by atoms with Crippen LogP contribution >= 0.6 is 0 Å². The lowest BCUT2D eigenvalue weighted by Gasteiger charge is -2.26. The van der Waals surface area contributed by atoms with Crippen molar-refractivity contribution in [2.45, 2.75) is 33.6 Å². The van der Waals surface area contributed by atoms with Gasteiger partial charge in [-0.05, 0) is 97.8 Å². The monoisotopic (exact) mass is 555 g/mol. The third-order valence-electron chi connectivity index (χ3n) is 8.40. The van der Waals surface area contributed by atoms with Crippen molar-refractivity contribution in [1.29, 1.82) is 0 Å². The average molecular weight is 556 g/mol. The molecule has 0 aromatic heterocycles. The lowest BCUT2D eigenvalue weighted by molar-refractivity contribution is 0.863. The van der Waals surface area contributed by atoms with Gasteiger partial charge in [0.15, 0.2) is 0 Å². The van der Waals surface area contributed by atoms with Crippen LogP contribution < -0.4 is 15.1 Å². The molecule has 3 heteroatoms. The summed E-state index contributed by atoms with van der Waals surface area (Å²) in [6.07, 6.45) is 1.87. The van der Waals surface area contributed by atoms with E-state index in [4.69, 9.17) is 0 Å². The molecule has 5 aromatic carbocycles. The first kappa shape index (κ1) is 29.0. The van der Waals surface area contributed by atoms with Gasteiger partial charge in [-0.2, -0.15) is 0 Å². The predicted octanol–water partition coefficient (Wildman–Crippen LogP) is 10.3. The second-order valence-corrected chi connectivity index (χ2v) is 10.7. The molecule has 0 bridgehead atoms. The third kappa shape index (κ3) is 6.06. The zero-order chi connectivity index (χ0) is 29.5. The van der Waals surface area contributed by atoms with E-state index < -0.39 is 0 Å². The Morgan fingerprint density at radius 3 is 1.60 bits per heavy atom. The van der Waals surface area contributed by atoms with Gasteiger partial charge in [-0.3, -0.25) is 0 Å². The van der Waals surface area contributed by atoms with Gasteiger partial charge in [-0.25, -0.2) is 0 Å². The fraction of sp³-hybridized carbons (Fsp3) is 0.231. The lowest BCUT2D eigenvalue weighted by atomic mass is 9.82. The first-order valence-electron chi connectivity index (χ1n) is 15.3. The van der Waals surface area contributed by atoms with Crippen LogP contribution in [0.15, 0.2) is 116 Å². The Bertz CT molecular complexity index is 1540. The molecule has 0 aliphatic heterocycles. The molecule has 0 spiro atoms. The Balaban J connectivity index is 0.00000423. The molecule has 42 heavy (non-hydrogen) atoms. The molecule has 1 N–H and O–H groups in total. The zero-order valence-corrected chi connectivity index (χ0v) is 25.5. The normalized spacial score (nSPS) is 11.1. The number of nitrogens with zero attached hydrogens (tertiary/aromatic N) is 2.